The van der Waals surface area contributed by atoms with Crippen LogP contribution in [0.4, 0.5) is 5.69 Å². The number of morpholine rings is 1. The van der Waals surface area contributed by atoms with E-state index in [0.29, 0.717) is 32.7 Å². The zero-order valence-corrected chi connectivity index (χ0v) is 14.1. The number of halogens is 1. The Morgan fingerprint density at radius 1 is 1.38 bits per heavy atom. The predicted octanol–water partition coefficient (Wildman–Crippen LogP) is 0.328. The lowest BCUT2D eigenvalue weighted by atomic mass is 10.2. The smallest absolute Gasteiger partial charge is 0.265 e. The Hall–Kier alpha value is -1.83. The molecule has 1 atom stereocenters. The third-order valence-electron chi connectivity index (χ3n) is 3.89. The summed E-state index contributed by atoms with van der Waals surface area (Å²) >= 11 is 0. The topological polar surface area (TPSA) is 79.9 Å². The molecule has 1 aromatic rings. The molecule has 7 nitrogen and oxygen atoms in total. The van der Waals surface area contributed by atoms with Crippen LogP contribution in [-0.2, 0) is 14.3 Å². The van der Waals surface area contributed by atoms with E-state index >= 15 is 0 Å². The average Bonchev–Trinajstić information content (AvgIpc) is 2.60. The predicted molar refractivity (Wildman–Crippen MR) is 91.8 cm³/mol. The number of anilines is 1. The Kier molecular flexibility index (Phi) is 6.84. The monoisotopic (exact) mass is 355 g/mol. The molecule has 2 aliphatic heterocycles. The Labute approximate surface area is 147 Å². The number of ether oxygens (including phenoxy) is 2. The molecule has 2 N–H and O–H groups in total. The summed E-state index contributed by atoms with van der Waals surface area (Å²) in [5, 5.41) is 5.98. The van der Waals surface area contributed by atoms with Crippen molar-refractivity contribution in [3.63, 3.8) is 0 Å². The maximum absolute atomic E-state index is 12.0. The SMILES string of the molecule is Cl.O=C(NCCCN1C(=O)COc2ccccc21)C1CNCCO1. The quantitative estimate of drug-likeness (QED) is 0.744. The summed E-state index contributed by atoms with van der Waals surface area (Å²) in [6.07, 6.45) is 0.251. The van der Waals surface area contributed by atoms with E-state index in [4.69, 9.17) is 9.47 Å². The fourth-order valence-electron chi connectivity index (χ4n) is 2.70. The van der Waals surface area contributed by atoms with Crippen LogP contribution >= 0.6 is 12.4 Å². The van der Waals surface area contributed by atoms with Crippen molar-refractivity contribution in [2.75, 3.05) is 44.3 Å². The van der Waals surface area contributed by atoms with Crippen LogP contribution in [0.15, 0.2) is 24.3 Å². The molecule has 0 bridgehead atoms. The molecule has 0 radical (unpaired) electrons. The zero-order chi connectivity index (χ0) is 16.1. The normalized spacial score (nSPS) is 19.8. The second-order valence-electron chi connectivity index (χ2n) is 5.51. The van der Waals surface area contributed by atoms with E-state index in [1.165, 1.54) is 0 Å². The number of nitrogens with zero attached hydrogens (tertiary/aromatic N) is 1. The Bertz CT molecular complexity index is 578. The van der Waals surface area contributed by atoms with Gasteiger partial charge in [-0.1, -0.05) is 12.1 Å². The van der Waals surface area contributed by atoms with Gasteiger partial charge < -0.3 is 25.0 Å². The Balaban J connectivity index is 0.00000208. The fraction of sp³-hybridized carbons (Fsp3) is 0.500. The van der Waals surface area contributed by atoms with Gasteiger partial charge in [0.1, 0.15) is 11.9 Å². The summed E-state index contributed by atoms with van der Waals surface area (Å²) in [6.45, 7) is 2.99. The summed E-state index contributed by atoms with van der Waals surface area (Å²) in [6, 6.07) is 7.48. The second-order valence-corrected chi connectivity index (χ2v) is 5.51. The molecule has 0 spiro atoms. The third-order valence-corrected chi connectivity index (χ3v) is 3.89. The lowest BCUT2D eigenvalue weighted by Gasteiger charge is -2.29. The maximum Gasteiger partial charge on any atom is 0.265 e. The van der Waals surface area contributed by atoms with E-state index in [-0.39, 0.29) is 30.8 Å². The first-order chi connectivity index (χ1) is 11.3. The van der Waals surface area contributed by atoms with E-state index in [9.17, 15) is 9.59 Å². The van der Waals surface area contributed by atoms with Crippen molar-refractivity contribution in [2.24, 2.45) is 0 Å². The number of nitrogens with one attached hydrogen (secondary N) is 2. The highest BCUT2D eigenvalue weighted by molar-refractivity contribution is 5.97. The van der Waals surface area contributed by atoms with Gasteiger partial charge in [0.25, 0.3) is 5.91 Å². The molecule has 1 aromatic carbocycles. The highest BCUT2D eigenvalue weighted by Gasteiger charge is 2.25. The van der Waals surface area contributed by atoms with Crippen molar-refractivity contribution in [2.45, 2.75) is 12.5 Å². The van der Waals surface area contributed by atoms with E-state index < -0.39 is 6.10 Å². The Morgan fingerprint density at radius 2 is 2.21 bits per heavy atom. The minimum absolute atomic E-state index is 0. The molecular formula is C16H22ClN3O4. The van der Waals surface area contributed by atoms with Crippen LogP contribution < -0.4 is 20.3 Å². The number of carbonyl (C=O) groups excluding carboxylic acids is 2. The van der Waals surface area contributed by atoms with Gasteiger partial charge in [0, 0.05) is 26.2 Å². The van der Waals surface area contributed by atoms with Gasteiger partial charge in [-0.25, -0.2) is 0 Å². The first-order valence-electron chi connectivity index (χ1n) is 7.88. The molecule has 24 heavy (non-hydrogen) atoms. The number of benzene rings is 1. The van der Waals surface area contributed by atoms with Crippen molar-refractivity contribution in [1.29, 1.82) is 0 Å². The lowest BCUT2D eigenvalue weighted by molar-refractivity contribution is -0.134. The molecule has 0 aromatic heterocycles. The van der Waals surface area contributed by atoms with E-state index in [0.717, 1.165) is 18.0 Å². The van der Waals surface area contributed by atoms with E-state index in [1.807, 2.05) is 24.3 Å². The van der Waals surface area contributed by atoms with Crippen LogP contribution in [0.25, 0.3) is 0 Å². The van der Waals surface area contributed by atoms with Crippen molar-refractivity contribution in [3.8, 4) is 5.75 Å². The molecule has 132 valence electrons. The van der Waals surface area contributed by atoms with Gasteiger partial charge in [-0.3, -0.25) is 9.59 Å². The number of carbonyl (C=O) groups is 2. The number of rotatable bonds is 5. The van der Waals surface area contributed by atoms with Crippen molar-refractivity contribution >= 4 is 29.9 Å². The second kappa shape index (κ2) is 8.86. The van der Waals surface area contributed by atoms with Gasteiger partial charge in [-0.15, -0.1) is 12.4 Å². The van der Waals surface area contributed by atoms with Crippen molar-refractivity contribution < 1.29 is 19.1 Å². The van der Waals surface area contributed by atoms with Gasteiger partial charge in [0.2, 0.25) is 5.91 Å². The third kappa shape index (κ3) is 4.37. The van der Waals surface area contributed by atoms with Crippen LogP contribution in [0.1, 0.15) is 6.42 Å². The molecule has 8 heteroatoms. The number of hydrogen-bond donors (Lipinski definition) is 2. The maximum atomic E-state index is 12.0. The Morgan fingerprint density at radius 3 is 3.00 bits per heavy atom. The van der Waals surface area contributed by atoms with Crippen LogP contribution in [0.3, 0.4) is 0 Å². The minimum atomic E-state index is -0.422. The van der Waals surface area contributed by atoms with E-state index in [1.54, 1.807) is 4.90 Å². The van der Waals surface area contributed by atoms with Crippen LogP contribution in [0.5, 0.6) is 5.75 Å². The highest BCUT2D eigenvalue weighted by Crippen LogP contribution is 2.31. The van der Waals surface area contributed by atoms with Gasteiger partial charge in [0.15, 0.2) is 6.61 Å². The van der Waals surface area contributed by atoms with Crippen LogP contribution in [0.2, 0.25) is 0 Å². The van der Waals surface area contributed by atoms with Crippen molar-refractivity contribution in [3.05, 3.63) is 24.3 Å². The number of amides is 2. The molecule has 2 heterocycles. The van der Waals surface area contributed by atoms with Gasteiger partial charge in [0.05, 0.1) is 12.3 Å². The molecule has 1 unspecified atom stereocenters. The molecule has 0 aliphatic carbocycles. The molecule has 1 saturated heterocycles. The number of fused-ring (bicyclic) bond motifs is 1. The van der Waals surface area contributed by atoms with Crippen LogP contribution in [0, 0.1) is 0 Å². The van der Waals surface area contributed by atoms with Gasteiger partial charge in [-0.2, -0.15) is 0 Å². The summed E-state index contributed by atoms with van der Waals surface area (Å²) in [5.41, 5.74) is 0.787. The molecule has 2 amide bonds. The van der Waals surface area contributed by atoms with Gasteiger partial charge >= 0.3 is 0 Å². The van der Waals surface area contributed by atoms with Gasteiger partial charge in [-0.05, 0) is 18.6 Å². The minimum Gasteiger partial charge on any atom is -0.482 e. The summed E-state index contributed by atoms with van der Waals surface area (Å²) in [5.74, 6) is 0.554. The molecule has 1 fully saturated rings. The van der Waals surface area contributed by atoms with Crippen molar-refractivity contribution in [1.82, 2.24) is 10.6 Å². The van der Waals surface area contributed by atoms with Crippen LogP contribution in [-0.4, -0.2) is 57.3 Å². The summed E-state index contributed by atoms with van der Waals surface area (Å²) in [4.78, 5) is 25.7. The molecular weight excluding hydrogens is 334 g/mol. The standard InChI is InChI=1S/C16H21N3O4.ClH/c20-15-11-23-13-5-2-1-4-12(13)19(15)8-3-6-18-16(21)14-10-17-7-9-22-14;/h1-2,4-5,14,17H,3,6-11H2,(H,18,21);1H. The zero-order valence-electron chi connectivity index (χ0n) is 13.3. The average molecular weight is 356 g/mol. The first kappa shape index (κ1) is 18.5. The summed E-state index contributed by atoms with van der Waals surface area (Å²) in [7, 11) is 0. The lowest BCUT2D eigenvalue weighted by Crippen LogP contribution is -2.48. The summed E-state index contributed by atoms with van der Waals surface area (Å²) < 4.78 is 10.8. The molecule has 3 rings (SSSR count). The number of para-hydroxylation sites is 2. The fourth-order valence-corrected chi connectivity index (χ4v) is 2.70. The molecule has 0 saturated carbocycles. The molecule has 2 aliphatic rings. The highest BCUT2D eigenvalue weighted by atomic mass is 35.5. The largest absolute Gasteiger partial charge is 0.482 e. The first-order valence-corrected chi connectivity index (χ1v) is 7.88. The number of hydrogen-bond acceptors (Lipinski definition) is 5. The van der Waals surface area contributed by atoms with E-state index in [2.05, 4.69) is 10.6 Å².